The molecule has 202 valence electrons. The number of hydrogen-bond donors (Lipinski definition) is 1. The van der Waals surface area contributed by atoms with Gasteiger partial charge in [0.1, 0.15) is 0 Å². The monoisotopic (exact) mass is 546 g/mol. The molecule has 0 saturated carbocycles. The molecule has 0 saturated heterocycles. The van der Waals surface area contributed by atoms with E-state index in [1.54, 1.807) is 13.8 Å². The zero-order valence-electron chi connectivity index (χ0n) is 21.8. The molecule has 0 amide bonds. The van der Waals surface area contributed by atoms with Crippen LogP contribution in [0.4, 0.5) is 17.1 Å². The Balaban J connectivity index is 0. The third-order valence-corrected chi connectivity index (χ3v) is 4.86. The van der Waals surface area contributed by atoms with Gasteiger partial charge in [0, 0.05) is 34.3 Å². The Morgan fingerprint density at radius 2 is 1.50 bits per heavy atom. The second-order valence-corrected chi connectivity index (χ2v) is 8.45. The van der Waals surface area contributed by atoms with Crippen molar-refractivity contribution >= 4 is 29.2 Å². The number of carbonyl (C=O) groups excluding carboxylic acids is 1. The predicted molar refractivity (Wildman–Crippen MR) is 137 cm³/mol. The first kappa shape index (κ1) is 34.8. The molecule has 0 atom stereocenters. The van der Waals surface area contributed by atoms with Crippen molar-refractivity contribution in [3.05, 3.63) is 74.7 Å². The number of para-hydroxylation sites is 1. The SMILES string of the molecule is CC(C)c1cccc(C(C)C)c1N=Cc1cc([N+](=O)[O-])cc([N+](=O)[O-])c1O.COC(=O)C(C)C.[CH3-].[Ni]. The van der Waals surface area contributed by atoms with Crippen LogP contribution >= 0.6 is 0 Å². The Hall–Kier alpha value is -3.33. The Morgan fingerprint density at radius 1 is 1.00 bits per heavy atom. The topological polar surface area (TPSA) is 145 Å². The summed E-state index contributed by atoms with van der Waals surface area (Å²) in [7, 11) is 1.39. The number of nitrogens with zero attached hydrogens (tertiary/aromatic N) is 3. The number of methoxy groups -OCH3 is 1. The van der Waals surface area contributed by atoms with E-state index in [4.69, 9.17) is 0 Å². The number of nitro groups is 2. The van der Waals surface area contributed by atoms with Gasteiger partial charge in [-0.05, 0) is 23.0 Å². The molecule has 2 aromatic carbocycles. The van der Waals surface area contributed by atoms with Crippen LogP contribution in [0.5, 0.6) is 5.75 Å². The number of aliphatic imine (C=N–C) groups is 1. The molecule has 0 fully saturated rings. The summed E-state index contributed by atoms with van der Waals surface area (Å²) in [5, 5.41) is 32.3. The van der Waals surface area contributed by atoms with Gasteiger partial charge in [-0.25, -0.2) is 0 Å². The summed E-state index contributed by atoms with van der Waals surface area (Å²) in [5.74, 6) is -0.430. The van der Waals surface area contributed by atoms with Crippen molar-refractivity contribution in [3.8, 4) is 5.75 Å². The van der Waals surface area contributed by atoms with Gasteiger partial charge in [0.2, 0.25) is 5.75 Å². The number of benzene rings is 2. The molecule has 11 heteroatoms. The van der Waals surface area contributed by atoms with Crippen molar-refractivity contribution in [2.45, 2.75) is 53.4 Å². The Kier molecular flexibility index (Phi) is 15.1. The van der Waals surface area contributed by atoms with E-state index in [9.17, 15) is 30.1 Å². The van der Waals surface area contributed by atoms with E-state index >= 15 is 0 Å². The fourth-order valence-electron chi connectivity index (χ4n) is 3.00. The van der Waals surface area contributed by atoms with Gasteiger partial charge >= 0.3 is 11.7 Å². The molecule has 0 heterocycles. The van der Waals surface area contributed by atoms with E-state index < -0.39 is 27.0 Å². The number of phenolic OH excluding ortho intramolecular Hbond substituents is 1. The minimum atomic E-state index is -0.860. The first-order valence-corrected chi connectivity index (χ1v) is 10.7. The first-order chi connectivity index (χ1) is 15.8. The van der Waals surface area contributed by atoms with E-state index in [1.807, 2.05) is 45.9 Å². The van der Waals surface area contributed by atoms with Crippen LogP contribution in [0.25, 0.3) is 0 Å². The van der Waals surface area contributed by atoms with Gasteiger partial charge in [-0.2, -0.15) is 0 Å². The molecule has 0 unspecified atom stereocenters. The number of esters is 1. The maximum atomic E-state index is 11.1. The van der Waals surface area contributed by atoms with Crippen LogP contribution in [-0.4, -0.2) is 34.2 Å². The molecular weight excluding hydrogens is 513 g/mol. The molecule has 0 aromatic heterocycles. The minimum Gasteiger partial charge on any atom is -0.502 e. The Bertz CT molecular complexity index is 1060. The first-order valence-electron chi connectivity index (χ1n) is 10.7. The summed E-state index contributed by atoms with van der Waals surface area (Å²) in [6.45, 7) is 11.7. The minimum absolute atomic E-state index is 0. The van der Waals surface area contributed by atoms with Gasteiger partial charge in [-0.15, -0.1) is 0 Å². The normalized spacial score (nSPS) is 10.4. The average Bonchev–Trinajstić information content (AvgIpc) is 2.77. The predicted octanol–water partition coefficient (Wildman–Crippen LogP) is 6.47. The van der Waals surface area contributed by atoms with Crippen LogP contribution in [0, 0.1) is 33.6 Å². The van der Waals surface area contributed by atoms with E-state index in [0.717, 1.165) is 23.3 Å². The molecule has 0 aliphatic rings. The maximum absolute atomic E-state index is 11.1. The molecule has 0 radical (unpaired) electrons. The molecule has 36 heavy (non-hydrogen) atoms. The summed E-state index contributed by atoms with van der Waals surface area (Å²) < 4.78 is 4.37. The van der Waals surface area contributed by atoms with Crippen LogP contribution in [0.2, 0.25) is 0 Å². The summed E-state index contributed by atoms with van der Waals surface area (Å²) in [6.07, 6.45) is 1.24. The number of ether oxygens (including phenoxy) is 1. The zero-order chi connectivity index (χ0) is 26.2. The quantitative estimate of drug-likeness (QED) is 0.104. The number of aromatic hydroxyl groups is 1. The van der Waals surface area contributed by atoms with E-state index in [1.165, 1.54) is 13.3 Å². The average molecular weight is 547 g/mol. The van der Waals surface area contributed by atoms with Crippen molar-refractivity contribution in [2.75, 3.05) is 7.11 Å². The molecule has 1 N–H and O–H groups in total. The smallest absolute Gasteiger partial charge is 0.318 e. The van der Waals surface area contributed by atoms with Crippen LogP contribution in [0.3, 0.4) is 0 Å². The number of non-ortho nitro benzene ring substituents is 1. The number of carbonyl (C=O) groups is 1. The standard InChI is InChI=1S/C19H21N3O5.C5H10O2.CH3.Ni/c1-11(2)15-6-5-7-16(12(3)4)18(15)20-10-13-8-14(21(24)25)9-17(19(13)23)22(26)27;1-4(2)5(6)7-3;;/h5-12,23H,1-4H3;4H,1-3H3;1H3;/q;;-1;. The van der Waals surface area contributed by atoms with Gasteiger partial charge in [-0.1, -0.05) is 59.7 Å². The molecule has 10 nitrogen and oxygen atoms in total. The zero-order valence-corrected chi connectivity index (χ0v) is 22.7. The molecule has 0 bridgehead atoms. The summed E-state index contributed by atoms with van der Waals surface area (Å²) in [6, 6.07) is 7.63. The number of rotatable bonds is 7. The fourth-order valence-corrected chi connectivity index (χ4v) is 3.00. The van der Waals surface area contributed by atoms with Crippen LogP contribution in [0.1, 0.15) is 70.1 Å². The summed E-state index contributed by atoms with van der Waals surface area (Å²) >= 11 is 0. The van der Waals surface area contributed by atoms with Crippen molar-refractivity contribution in [1.29, 1.82) is 0 Å². The van der Waals surface area contributed by atoms with E-state index in [0.29, 0.717) is 5.69 Å². The van der Waals surface area contributed by atoms with Gasteiger partial charge in [-0.3, -0.25) is 30.0 Å². The van der Waals surface area contributed by atoms with Gasteiger partial charge < -0.3 is 17.3 Å². The Labute approximate surface area is 222 Å². The Morgan fingerprint density at radius 3 is 1.83 bits per heavy atom. The summed E-state index contributed by atoms with van der Waals surface area (Å²) in [4.78, 5) is 35.3. The van der Waals surface area contributed by atoms with Crippen molar-refractivity contribution < 1.29 is 41.0 Å². The number of phenols is 1. The van der Waals surface area contributed by atoms with Crippen molar-refractivity contribution in [1.82, 2.24) is 0 Å². The number of nitro benzene ring substituents is 2. The van der Waals surface area contributed by atoms with Crippen molar-refractivity contribution in [3.63, 3.8) is 0 Å². The molecule has 2 aromatic rings. The largest absolute Gasteiger partial charge is 0.502 e. The molecule has 0 aliphatic carbocycles. The molecule has 0 spiro atoms. The number of hydrogen-bond acceptors (Lipinski definition) is 8. The fraction of sp³-hybridized carbons (Fsp3) is 0.400. The molecule has 2 rings (SSSR count). The van der Waals surface area contributed by atoms with Crippen LogP contribution in [-0.2, 0) is 26.0 Å². The third kappa shape index (κ3) is 9.38. The summed E-state index contributed by atoms with van der Waals surface area (Å²) in [5.41, 5.74) is 1.38. The van der Waals surface area contributed by atoms with Crippen molar-refractivity contribution in [2.24, 2.45) is 10.9 Å². The van der Waals surface area contributed by atoms with Crippen LogP contribution < -0.4 is 0 Å². The van der Waals surface area contributed by atoms with E-state index in [-0.39, 0.29) is 53.2 Å². The second kappa shape index (κ2) is 15.6. The molecular formula is C25H34N3NiO7-. The van der Waals surface area contributed by atoms with Gasteiger partial charge in [0.15, 0.2) is 0 Å². The van der Waals surface area contributed by atoms with E-state index in [2.05, 4.69) is 9.73 Å². The van der Waals surface area contributed by atoms with Crippen LogP contribution in [0.15, 0.2) is 35.3 Å². The van der Waals surface area contributed by atoms with Gasteiger partial charge in [0.25, 0.3) is 5.69 Å². The third-order valence-electron chi connectivity index (χ3n) is 4.86. The van der Waals surface area contributed by atoms with Gasteiger partial charge in [0.05, 0.1) is 34.6 Å². The maximum Gasteiger partial charge on any atom is 0.318 e. The second-order valence-electron chi connectivity index (χ2n) is 8.45. The molecule has 0 aliphatic heterocycles.